The van der Waals surface area contributed by atoms with Crippen LogP contribution in [0.15, 0.2) is 5.76 Å². The predicted molar refractivity (Wildman–Crippen MR) is 25.8 cm³/mol. The van der Waals surface area contributed by atoms with Crippen molar-refractivity contribution in [2.24, 2.45) is 0 Å². The summed E-state index contributed by atoms with van der Waals surface area (Å²) in [4.78, 5) is 9.44. The van der Waals surface area contributed by atoms with E-state index in [-0.39, 0.29) is 12.3 Å². The second-order valence-electron chi connectivity index (χ2n) is 1.08. The lowest BCUT2D eigenvalue weighted by atomic mass is 10.6. The van der Waals surface area contributed by atoms with Gasteiger partial charge in [0, 0.05) is 0 Å². The standard InChI is InChI=1S/C4H7NO2/c1-5-2-4(7)3-6/h5,7H,2H2,1H3. The number of aliphatic hydroxyl groups excluding tert-OH is 1. The van der Waals surface area contributed by atoms with Crippen LogP contribution in [0.25, 0.3) is 0 Å². The molecule has 40 valence electrons. The van der Waals surface area contributed by atoms with Crippen molar-refractivity contribution in [2.45, 2.75) is 0 Å². The van der Waals surface area contributed by atoms with Gasteiger partial charge in [-0.25, -0.2) is 4.79 Å². The van der Waals surface area contributed by atoms with Crippen molar-refractivity contribution in [3.63, 3.8) is 0 Å². The average Bonchev–Trinajstić information content (AvgIpc) is 1.68. The summed E-state index contributed by atoms with van der Waals surface area (Å²) in [6, 6.07) is 0. The first-order valence-corrected chi connectivity index (χ1v) is 1.88. The molecule has 0 amide bonds. The minimum absolute atomic E-state index is 0.198. The van der Waals surface area contributed by atoms with Crippen LogP contribution in [-0.4, -0.2) is 24.6 Å². The van der Waals surface area contributed by atoms with Crippen LogP contribution in [0.4, 0.5) is 0 Å². The summed E-state index contributed by atoms with van der Waals surface area (Å²) < 4.78 is 0. The fourth-order valence-electron chi connectivity index (χ4n) is 0.204. The SMILES string of the molecule is CNCC(O)=C=O. The van der Waals surface area contributed by atoms with Crippen LogP contribution in [0.1, 0.15) is 0 Å². The second kappa shape index (κ2) is 3.40. The van der Waals surface area contributed by atoms with Gasteiger partial charge in [-0.15, -0.1) is 0 Å². The summed E-state index contributed by atoms with van der Waals surface area (Å²) in [5.74, 6) is 1.04. The third kappa shape index (κ3) is 3.03. The average molecular weight is 101 g/mol. The molecule has 3 heteroatoms. The summed E-state index contributed by atoms with van der Waals surface area (Å²) in [7, 11) is 1.63. The van der Waals surface area contributed by atoms with E-state index in [1.165, 1.54) is 5.94 Å². The van der Waals surface area contributed by atoms with E-state index in [1.54, 1.807) is 7.05 Å². The Balaban J connectivity index is 3.37. The summed E-state index contributed by atoms with van der Waals surface area (Å²) in [5, 5.41) is 10.9. The van der Waals surface area contributed by atoms with Gasteiger partial charge in [0.05, 0.1) is 6.54 Å². The first kappa shape index (κ1) is 6.21. The van der Waals surface area contributed by atoms with Gasteiger partial charge in [0.1, 0.15) is 0 Å². The van der Waals surface area contributed by atoms with Gasteiger partial charge in [0.2, 0.25) is 0 Å². The van der Waals surface area contributed by atoms with Crippen LogP contribution in [0.2, 0.25) is 0 Å². The Bertz CT molecular complexity index is 93.9. The van der Waals surface area contributed by atoms with Gasteiger partial charge < -0.3 is 10.4 Å². The summed E-state index contributed by atoms with van der Waals surface area (Å²) >= 11 is 0. The molecule has 2 N–H and O–H groups in total. The van der Waals surface area contributed by atoms with Crippen LogP contribution >= 0.6 is 0 Å². The Kier molecular flexibility index (Phi) is 3.02. The molecule has 7 heavy (non-hydrogen) atoms. The molecule has 0 unspecified atom stereocenters. The minimum Gasteiger partial charge on any atom is -0.501 e. The Morgan fingerprint density at radius 2 is 2.57 bits per heavy atom. The maximum atomic E-state index is 9.44. The molecule has 0 bridgehead atoms. The highest BCUT2D eigenvalue weighted by Crippen LogP contribution is 1.69. The quantitative estimate of drug-likeness (QED) is 0.363. The topological polar surface area (TPSA) is 49.3 Å². The van der Waals surface area contributed by atoms with Crippen molar-refractivity contribution >= 4 is 5.94 Å². The highest BCUT2D eigenvalue weighted by Gasteiger charge is 1.84. The molecule has 0 atom stereocenters. The van der Waals surface area contributed by atoms with E-state index in [0.717, 1.165) is 0 Å². The molecule has 0 fully saturated rings. The molecule has 0 saturated heterocycles. The molecule has 0 aliphatic carbocycles. The highest BCUT2D eigenvalue weighted by molar-refractivity contribution is 5.49. The largest absolute Gasteiger partial charge is 0.501 e. The van der Waals surface area contributed by atoms with Gasteiger partial charge in [0.15, 0.2) is 11.7 Å². The molecule has 0 aromatic rings. The van der Waals surface area contributed by atoms with Crippen LogP contribution in [0.3, 0.4) is 0 Å². The smallest absolute Gasteiger partial charge is 0.190 e. The number of hydrogen-bond acceptors (Lipinski definition) is 3. The molecule has 0 heterocycles. The molecule has 0 aliphatic heterocycles. The second-order valence-corrected chi connectivity index (χ2v) is 1.08. The van der Waals surface area contributed by atoms with Gasteiger partial charge in [-0.1, -0.05) is 0 Å². The van der Waals surface area contributed by atoms with E-state index in [0.29, 0.717) is 0 Å². The lowest BCUT2D eigenvalue weighted by molar-refractivity contribution is 0.395. The van der Waals surface area contributed by atoms with Gasteiger partial charge in [-0.05, 0) is 7.05 Å². The molecule has 0 aromatic heterocycles. The number of aliphatic hydroxyl groups is 1. The van der Waals surface area contributed by atoms with Crippen molar-refractivity contribution in [2.75, 3.05) is 13.6 Å². The Morgan fingerprint density at radius 3 is 2.71 bits per heavy atom. The van der Waals surface area contributed by atoms with Crippen molar-refractivity contribution < 1.29 is 9.90 Å². The summed E-state index contributed by atoms with van der Waals surface area (Å²) in [6.45, 7) is 0.198. The van der Waals surface area contributed by atoms with Gasteiger partial charge in [-0.3, -0.25) is 0 Å². The first-order chi connectivity index (χ1) is 3.31. The Morgan fingerprint density at radius 1 is 2.00 bits per heavy atom. The Hall–Kier alpha value is -0.790. The highest BCUT2D eigenvalue weighted by atomic mass is 16.3. The number of likely N-dealkylation sites (N-methyl/N-ethyl adjacent to an activating group) is 1. The molecule has 0 rings (SSSR count). The molecule has 0 spiro atoms. The third-order valence-corrected chi connectivity index (χ3v) is 0.462. The van der Waals surface area contributed by atoms with Crippen LogP contribution in [0.5, 0.6) is 0 Å². The monoisotopic (exact) mass is 101 g/mol. The fraction of sp³-hybridized carbons (Fsp3) is 0.500. The van der Waals surface area contributed by atoms with E-state index >= 15 is 0 Å². The lowest BCUT2D eigenvalue weighted by Gasteiger charge is -1.87. The van der Waals surface area contributed by atoms with Crippen molar-refractivity contribution in [3.8, 4) is 0 Å². The van der Waals surface area contributed by atoms with Crippen molar-refractivity contribution in [1.82, 2.24) is 5.32 Å². The number of hydrogen-bond donors (Lipinski definition) is 2. The maximum absolute atomic E-state index is 9.44. The van der Waals surface area contributed by atoms with Gasteiger partial charge in [-0.2, -0.15) is 0 Å². The number of nitrogens with one attached hydrogen (secondary N) is 1. The van der Waals surface area contributed by atoms with E-state index in [9.17, 15) is 4.79 Å². The predicted octanol–water partition coefficient (Wildman–Crippen LogP) is -0.521. The molecular formula is C4H7NO2. The Labute approximate surface area is 41.7 Å². The van der Waals surface area contributed by atoms with Gasteiger partial charge >= 0.3 is 0 Å². The van der Waals surface area contributed by atoms with Crippen LogP contribution in [0, 0.1) is 0 Å². The zero-order chi connectivity index (χ0) is 5.70. The fourth-order valence-corrected chi connectivity index (χ4v) is 0.204. The summed E-state index contributed by atoms with van der Waals surface area (Å²) in [5.41, 5.74) is 0. The zero-order valence-corrected chi connectivity index (χ0v) is 4.06. The molecule has 3 nitrogen and oxygen atoms in total. The van der Waals surface area contributed by atoms with Crippen molar-refractivity contribution in [1.29, 1.82) is 0 Å². The van der Waals surface area contributed by atoms with E-state index in [1.807, 2.05) is 0 Å². The first-order valence-electron chi connectivity index (χ1n) is 1.88. The number of carbonyl (C=O) groups excluding carboxylic acids is 1. The molecular weight excluding hydrogens is 94.0 g/mol. The number of rotatable bonds is 2. The zero-order valence-electron chi connectivity index (χ0n) is 4.06. The van der Waals surface area contributed by atoms with Crippen LogP contribution < -0.4 is 5.32 Å². The molecule has 0 aliphatic rings. The molecule has 0 radical (unpaired) electrons. The lowest BCUT2D eigenvalue weighted by Crippen LogP contribution is -2.09. The van der Waals surface area contributed by atoms with Crippen LogP contribution in [-0.2, 0) is 4.79 Å². The van der Waals surface area contributed by atoms with Gasteiger partial charge in [0.25, 0.3) is 0 Å². The van der Waals surface area contributed by atoms with E-state index in [4.69, 9.17) is 5.11 Å². The van der Waals surface area contributed by atoms with Crippen molar-refractivity contribution in [3.05, 3.63) is 5.76 Å². The minimum atomic E-state index is -0.289. The molecule has 0 saturated carbocycles. The van der Waals surface area contributed by atoms with E-state index in [2.05, 4.69) is 5.32 Å². The normalized spacial score (nSPS) is 7.57. The summed E-state index contributed by atoms with van der Waals surface area (Å²) in [6.07, 6.45) is 0. The molecule has 0 aromatic carbocycles. The third-order valence-electron chi connectivity index (χ3n) is 0.462. The van der Waals surface area contributed by atoms with E-state index < -0.39 is 0 Å². The maximum Gasteiger partial charge on any atom is 0.190 e.